The highest BCUT2D eigenvalue weighted by Crippen LogP contribution is 2.42. The molecule has 22 aromatic rings. The van der Waals surface area contributed by atoms with E-state index in [0.29, 0.717) is 46.5 Å². The Bertz CT molecular complexity index is 6770. The third kappa shape index (κ3) is 11.5. The number of hydrogen-bond acceptors (Lipinski definition) is 9. The summed E-state index contributed by atoms with van der Waals surface area (Å²) in [5.74, 6) is 4.92. The molecule has 8 heterocycles. The van der Waals surface area contributed by atoms with E-state index in [9.17, 15) is 0 Å². The van der Waals surface area contributed by atoms with E-state index in [1.807, 2.05) is 128 Å². The molecule has 0 radical (unpaired) electrons. The van der Waals surface area contributed by atoms with Crippen LogP contribution in [0.5, 0.6) is 0 Å². The molecule has 13 heteroatoms. The van der Waals surface area contributed by atoms with Gasteiger partial charge in [-0.3, -0.25) is 9.13 Å². The van der Waals surface area contributed by atoms with E-state index in [0.717, 1.165) is 89.0 Å². The van der Waals surface area contributed by atoms with E-state index in [-0.39, 0.29) is 0 Å². The molecule has 0 amide bonds. The highest BCUT2D eigenvalue weighted by Gasteiger charge is 2.22. The third-order valence-corrected chi connectivity index (χ3v) is 21.1. The van der Waals surface area contributed by atoms with Gasteiger partial charge >= 0.3 is 0 Å². The van der Waals surface area contributed by atoms with Crippen molar-refractivity contribution in [1.82, 2.24) is 63.1 Å². The minimum atomic E-state index is 0.514. The normalized spacial score (nSPS) is 11.6. The van der Waals surface area contributed by atoms with E-state index < -0.39 is 0 Å². The third-order valence-electron chi connectivity index (χ3n) is 21.1. The highest BCUT2D eigenvalue weighted by molar-refractivity contribution is 6.15. The first-order valence-corrected chi connectivity index (χ1v) is 37.3. The Hall–Kier alpha value is -15.5. The molecule has 0 N–H and O–H groups in total. The molecule has 112 heavy (non-hydrogen) atoms. The van der Waals surface area contributed by atoms with Crippen LogP contribution >= 0.6 is 0 Å². The van der Waals surface area contributed by atoms with Crippen molar-refractivity contribution in [2.75, 3.05) is 0 Å². The second kappa shape index (κ2) is 27.4. The van der Waals surface area contributed by atoms with Gasteiger partial charge in [-0.2, -0.15) is 0 Å². The molecule has 0 aliphatic heterocycles. The first-order chi connectivity index (χ1) is 55.5. The molecule has 22 rings (SSSR count). The summed E-state index contributed by atoms with van der Waals surface area (Å²) in [6.07, 6.45) is 5.47. The monoisotopic (exact) mass is 1430 g/mol. The second-order valence-corrected chi connectivity index (χ2v) is 27.8. The number of pyridine rings is 1. The summed E-state index contributed by atoms with van der Waals surface area (Å²) in [6.45, 7) is 0. The predicted molar refractivity (Wildman–Crippen MR) is 454 cm³/mol. The van der Waals surface area contributed by atoms with Gasteiger partial charge in [-0.25, -0.2) is 44.9 Å². The van der Waals surface area contributed by atoms with Crippen LogP contribution in [-0.4, -0.2) is 63.1 Å². The maximum atomic E-state index is 5.03. The Balaban J connectivity index is 0.000000141. The average Bonchev–Trinajstić information content (AvgIpc) is 1.58. The largest absolute Gasteiger partial charge is 0.309 e. The van der Waals surface area contributed by atoms with Crippen LogP contribution in [0.15, 0.2) is 383 Å². The van der Waals surface area contributed by atoms with E-state index in [1.54, 1.807) is 12.4 Å². The lowest BCUT2D eigenvalue weighted by Gasteiger charge is -2.10. The molecule has 0 aliphatic carbocycles. The quantitative estimate of drug-likeness (QED) is 0.117. The number of fused-ring (bicyclic) bond motifs is 12. The fourth-order valence-corrected chi connectivity index (χ4v) is 15.9. The van der Waals surface area contributed by atoms with Gasteiger partial charge in [-0.15, -0.1) is 0 Å². The van der Waals surface area contributed by atoms with Crippen LogP contribution in [0.3, 0.4) is 0 Å². The molecule has 0 bridgehead atoms. The molecular formula is C99H63N13. The maximum Gasteiger partial charge on any atom is 0.234 e. The van der Waals surface area contributed by atoms with Crippen molar-refractivity contribution in [3.63, 3.8) is 0 Å². The van der Waals surface area contributed by atoms with Crippen LogP contribution in [0.2, 0.25) is 0 Å². The molecule has 0 unspecified atom stereocenters. The molecule has 524 valence electrons. The molecule has 0 atom stereocenters. The zero-order chi connectivity index (χ0) is 74.0. The predicted octanol–water partition coefficient (Wildman–Crippen LogP) is 23.7. The van der Waals surface area contributed by atoms with Gasteiger partial charge in [-0.05, 0) is 131 Å². The number of aromatic nitrogens is 13. The lowest BCUT2D eigenvalue weighted by atomic mass is 10.0. The molecule has 0 spiro atoms. The number of hydrogen-bond donors (Lipinski definition) is 0. The smallest absolute Gasteiger partial charge is 0.234 e. The van der Waals surface area contributed by atoms with Gasteiger partial charge in [0.15, 0.2) is 34.9 Å². The molecule has 0 fully saturated rings. The maximum absolute atomic E-state index is 5.03. The lowest BCUT2D eigenvalue weighted by molar-refractivity contribution is 0.982. The average molecular weight is 1430 g/mol. The van der Waals surface area contributed by atoms with Gasteiger partial charge in [0.1, 0.15) is 5.82 Å². The van der Waals surface area contributed by atoms with Crippen molar-refractivity contribution in [3.05, 3.63) is 383 Å². The summed E-state index contributed by atoms with van der Waals surface area (Å²) in [4.78, 5) is 44.1. The SMILES string of the molecule is c1ccc(-c2nc(-c3ccccc3)nc(-c3ccc(-n4c5ccccc5c5cc(-c6ccc7c(c6)c6ccccc6n7-c6ccccc6)ccc54)nc3)n2)cc1.c1ccc(-c2nc(-c3ccccc3)nc(-c3cnc(-n4c5ccccc5c5cc(-c6ccc7c(c6)c6ccccc6n7-c6ccccc6)ccc54)nc3)n2)cc1. The fourth-order valence-electron chi connectivity index (χ4n) is 15.9. The zero-order valence-electron chi connectivity index (χ0n) is 60.2. The fraction of sp³-hybridized carbons (Fsp3) is 0. The number of para-hydroxylation sites is 6. The van der Waals surface area contributed by atoms with Gasteiger partial charge < -0.3 is 9.13 Å². The standard InChI is InChI=1S/C50H32N6.C49H31N7/c1-4-14-33(15-5-1)48-52-49(34-16-6-2-7-17-34)54-50(53-48)37-26-29-47(51-32-37)56-44-23-13-11-21-40(44)42-31-36(25-28-46(42)56)35-24-27-45-41(30-35)39-20-10-12-22-43(39)55(45)38-18-8-3-9-19-38;1-4-14-32(15-5-1)46-52-47(33-16-6-2-7-17-33)54-48(53-46)36-30-50-49(51-31-36)56-43-23-13-11-21-39(43)41-29-35(25-27-45(41)56)34-24-26-44-40(28-34)38-20-10-12-22-42(38)55(44)37-18-8-3-9-19-37/h1-32H;1-31H. The Morgan fingerprint density at radius 3 is 0.750 bits per heavy atom. The van der Waals surface area contributed by atoms with Gasteiger partial charge in [0.05, 0.1) is 49.7 Å². The number of benzene rings is 14. The van der Waals surface area contributed by atoms with Crippen LogP contribution in [-0.2, 0) is 0 Å². The summed E-state index contributed by atoms with van der Waals surface area (Å²) in [5, 5.41) is 9.55. The van der Waals surface area contributed by atoms with E-state index in [4.69, 9.17) is 44.9 Å². The van der Waals surface area contributed by atoms with Crippen LogP contribution in [0.25, 0.3) is 201 Å². The van der Waals surface area contributed by atoms with Crippen molar-refractivity contribution in [2.45, 2.75) is 0 Å². The minimum Gasteiger partial charge on any atom is -0.309 e. The molecule has 0 saturated heterocycles. The zero-order valence-corrected chi connectivity index (χ0v) is 60.2. The topological polar surface area (TPSA) is 136 Å². The van der Waals surface area contributed by atoms with Gasteiger partial charge in [0.25, 0.3) is 0 Å². The molecule has 0 aliphatic rings. The van der Waals surface area contributed by atoms with Gasteiger partial charge in [-0.1, -0.05) is 255 Å². The lowest BCUT2D eigenvalue weighted by Crippen LogP contribution is -2.03. The van der Waals surface area contributed by atoms with Crippen molar-refractivity contribution < 1.29 is 0 Å². The minimum absolute atomic E-state index is 0.514. The number of rotatable bonds is 12. The summed E-state index contributed by atoms with van der Waals surface area (Å²) in [5.41, 5.74) is 21.2. The first kappa shape index (κ1) is 64.9. The van der Waals surface area contributed by atoms with Crippen LogP contribution in [0.4, 0.5) is 0 Å². The van der Waals surface area contributed by atoms with Crippen molar-refractivity contribution in [2.24, 2.45) is 0 Å². The van der Waals surface area contributed by atoms with Crippen molar-refractivity contribution in [3.8, 4) is 114 Å². The Morgan fingerprint density at radius 2 is 0.411 bits per heavy atom. The van der Waals surface area contributed by atoms with Gasteiger partial charge in [0, 0.05) is 101 Å². The molecular weight excluding hydrogens is 1370 g/mol. The summed E-state index contributed by atoms with van der Waals surface area (Å²) in [7, 11) is 0. The number of nitrogens with zero attached hydrogens (tertiary/aromatic N) is 13. The Kier molecular flexibility index (Phi) is 15.9. The van der Waals surface area contributed by atoms with Crippen molar-refractivity contribution in [1.29, 1.82) is 0 Å². The van der Waals surface area contributed by atoms with Crippen LogP contribution < -0.4 is 0 Å². The summed E-state index contributed by atoms with van der Waals surface area (Å²) in [6, 6.07) is 127. The Morgan fingerprint density at radius 1 is 0.161 bits per heavy atom. The molecule has 0 saturated carbocycles. The first-order valence-electron chi connectivity index (χ1n) is 37.3. The molecule has 14 aromatic carbocycles. The van der Waals surface area contributed by atoms with E-state index in [2.05, 4.69) is 261 Å². The highest BCUT2D eigenvalue weighted by atomic mass is 15.2. The van der Waals surface area contributed by atoms with Crippen molar-refractivity contribution >= 4 is 87.2 Å². The van der Waals surface area contributed by atoms with Gasteiger partial charge in [0.2, 0.25) is 5.95 Å². The van der Waals surface area contributed by atoms with Crippen LogP contribution in [0.1, 0.15) is 0 Å². The molecule has 8 aromatic heterocycles. The summed E-state index contributed by atoms with van der Waals surface area (Å²) >= 11 is 0. The Labute approximate surface area is 642 Å². The van der Waals surface area contributed by atoms with E-state index in [1.165, 1.54) is 65.5 Å². The van der Waals surface area contributed by atoms with E-state index >= 15 is 0 Å². The van der Waals surface area contributed by atoms with Crippen LogP contribution in [0, 0.1) is 0 Å². The summed E-state index contributed by atoms with van der Waals surface area (Å²) < 4.78 is 9.08. The second-order valence-electron chi connectivity index (χ2n) is 27.8. The molecule has 13 nitrogen and oxygen atoms in total.